The van der Waals surface area contributed by atoms with E-state index in [-0.39, 0.29) is 0 Å². The Kier molecular flexibility index (Phi) is 3.63. The van der Waals surface area contributed by atoms with Gasteiger partial charge in [0.15, 0.2) is 0 Å². The highest BCUT2D eigenvalue weighted by atomic mass is 127. The normalized spacial score (nSPS) is 32.8. The number of halogens is 1. The highest BCUT2D eigenvalue weighted by Crippen LogP contribution is 2.18. The SMILES string of the molecule is IC1CC/C=C\CCC1. The van der Waals surface area contributed by atoms with Crippen molar-refractivity contribution < 1.29 is 0 Å². The van der Waals surface area contributed by atoms with Crippen LogP contribution in [0.4, 0.5) is 0 Å². The van der Waals surface area contributed by atoms with E-state index in [4.69, 9.17) is 0 Å². The minimum atomic E-state index is 0.938. The zero-order chi connectivity index (χ0) is 6.53. The molecule has 0 nitrogen and oxygen atoms in total. The van der Waals surface area contributed by atoms with Crippen LogP contribution >= 0.6 is 22.6 Å². The largest absolute Gasteiger partial charge is 0.0885 e. The first kappa shape index (κ1) is 7.58. The molecule has 0 amide bonds. The summed E-state index contributed by atoms with van der Waals surface area (Å²) >= 11 is 2.56. The Bertz CT molecular complexity index is 96.7. The number of alkyl halides is 1. The Labute approximate surface area is 70.9 Å². The van der Waals surface area contributed by atoms with Crippen LogP contribution in [-0.2, 0) is 0 Å². The lowest BCUT2D eigenvalue weighted by Crippen LogP contribution is -1.97. The van der Waals surface area contributed by atoms with Gasteiger partial charge in [-0.1, -0.05) is 34.7 Å². The Morgan fingerprint density at radius 2 is 1.89 bits per heavy atom. The van der Waals surface area contributed by atoms with Crippen LogP contribution in [-0.4, -0.2) is 3.92 Å². The second-order valence-electron chi connectivity index (χ2n) is 2.58. The molecule has 0 heterocycles. The first-order valence-corrected chi connectivity index (χ1v) is 4.93. The second kappa shape index (κ2) is 4.31. The van der Waals surface area contributed by atoms with Crippen molar-refractivity contribution in [1.29, 1.82) is 0 Å². The highest BCUT2D eigenvalue weighted by Gasteiger charge is 2.02. The fourth-order valence-corrected chi connectivity index (χ4v) is 1.91. The maximum Gasteiger partial charge on any atom is 0.0113 e. The fourth-order valence-electron chi connectivity index (χ4n) is 1.11. The molecule has 0 N–H and O–H groups in total. The van der Waals surface area contributed by atoms with Gasteiger partial charge in [0.2, 0.25) is 0 Å². The van der Waals surface area contributed by atoms with Crippen LogP contribution < -0.4 is 0 Å². The van der Waals surface area contributed by atoms with E-state index in [2.05, 4.69) is 34.7 Å². The summed E-state index contributed by atoms with van der Waals surface area (Å²) in [5.41, 5.74) is 0. The molecule has 0 saturated heterocycles. The first-order valence-electron chi connectivity index (χ1n) is 3.68. The van der Waals surface area contributed by atoms with Gasteiger partial charge in [-0.05, 0) is 32.1 Å². The van der Waals surface area contributed by atoms with E-state index in [0.29, 0.717) is 0 Å². The Balaban J connectivity index is 2.27. The van der Waals surface area contributed by atoms with Gasteiger partial charge in [-0.3, -0.25) is 0 Å². The molecule has 0 aromatic carbocycles. The third-order valence-corrected chi connectivity index (χ3v) is 2.95. The van der Waals surface area contributed by atoms with Gasteiger partial charge in [-0.15, -0.1) is 0 Å². The van der Waals surface area contributed by atoms with Gasteiger partial charge in [0, 0.05) is 3.92 Å². The van der Waals surface area contributed by atoms with E-state index >= 15 is 0 Å². The molecule has 0 saturated carbocycles. The monoisotopic (exact) mass is 236 g/mol. The summed E-state index contributed by atoms with van der Waals surface area (Å²) in [7, 11) is 0. The smallest absolute Gasteiger partial charge is 0.0113 e. The molecule has 0 aromatic heterocycles. The number of hydrogen-bond acceptors (Lipinski definition) is 0. The molecule has 9 heavy (non-hydrogen) atoms. The number of hydrogen-bond donors (Lipinski definition) is 0. The van der Waals surface area contributed by atoms with Crippen LogP contribution in [0, 0.1) is 0 Å². The van der Waals surface area contributed by atoms with Crippen LogP contribution in [0.3, 0.4) is 0 Å². The van der Waals surface area contributed by atoms with Crippen molar-refractivity contribution in [1.82, 2.24) is 0 Å². The molecule has 52 valence electrons. The zero-order valence-corrected chi connectivity index (χ0v) is 7.80. The molecule has 1 unspecified atom stereocenters. The topological polar surface area (TPSA) is 0 Å². The molecule has 0 radical (unpaired) electrons. The summed E-state index contributed by atoms with van der Waals surface area (Å²) in [4.78, 5) is 0. The molecule has 0 aliphatic heterocycles. The summed E-state index contributed by atoms with van der Waals surface area (Å²) in [5, 5.41) is 0. The molecule has 0 spiro atoms. The van der Waals surface area contributed by atoms with Crippen molar-refractivity contribution in [3.63, 3.8) is 0 Å². The Morgan fingerprint density at radius 1 is 1.11 bits per heavy atom. The van der Waals surface area contributed by atoms with Crippen LogP contribution in [0.5, 0.6) is 0 Å². The van der Waals surface area contributed by atoms with Crippen molar-refractivity contribution in [3.05, 3.63) is 12.2 Å². The molecule has 1 aliphatic carbocycles. The van der Waals surface area contributed by atoms with Gasteiger partial charge in [0.05, 0.1) is 0 Å². The van der Waals surface area contributed by atoms with Gasteiger partial charge in [0.1, 0.15) is 0 Å². The molecular weight excluding hydrogens is 223 g/mol. The lowest BCUT2D eigenvalue weighted by atomic mass is 10.1. The van der Waals surface area contributed by atoms with Gasteiger partial charge in [-0.25, -0.2) is 0 Å². The molecule has 1 rings (SSSR count). The maximum atomic E-state index is 2.56. The zero-order valence-electron chi connectivity index (χ0n) is 5.65. The van der Waals surface area contributed by atoms with E-state index in [9.17, 15) is 0 Å². The predicted molar refractivity (Wildman–Crippen MR) is 50.0 cm³/mol. The minimum Gasteiger partial charge on any atom is -0.0885 e. The molecule has 1 aliphatic rings. The third-order valence-electron chi connectivity index (χ3n) is 1.70. The molecule has 0 bridgehead atoms. The van der Waals surface area contributed by atoms with Crippen molar-refractivity contribution in [3.8, 4) is 0 Å². The van der Waals surface area contributed by atoms with Crippen molar-refractivity contribution in [2.75, 3.05) is 0 Å². The second-order valence-corrected chi connectivity index (χ2v) is 4.34. The maximum absolute atomic E-state index is 2.56. The predicted octanol–water partition coefficient (Wildman–Crippen LogP) is 3.31. The summed E-state index contributed by atoms with van der Waals surface area (Å²) < 4.78 is 0.938. The standard InChI is InChI=1S/C8H13I/c9-8-6-4-2-1-3-5-7-8/h1-2,8H,3-7H2/b2-1-. The number of allylic oxidation sites excluding steroid dienone is 2. The molecule has 1 atom stereocenters. The summed E-state index contributed by atoms with van der Waals surface area (Å²) in [5.74, 6) is 0. The van der Waals surface area contributed by atoms with E-state index in [1.165, 1.54) is 32.1 Å². The average molecular weight is 236 g/mol. The van der Waals surface area contributed by atoms with Crippen LogP contribution in [0.2, 0.25) is 0 Å². The number of rotatable bonds is 0. The lowest BCUT2D eigenvalue weighted by Gasteiger charge is -2.08. The van der Waals surface area contributed by atoms with Gasteiger partial charge in [0.25, 0.3) is 0 Å². The summed E-state index contributed by atoms with van der Waals surface area (Å²) in [6.07, 6.45) is 11.5. The van der Waals surface area contributed by atoms with E-state index in [0.717, 1.165) is 3.92 Å². The molecule has 0 fully saturated rings. The van der Waals surface area contributed by atoms with E-state index < -0.39 is 0 Å². The van der Waals surface area contributed by atoms with Gasteiger partial charge >= 0.3 is 0 Å². The van der Waals surface area contributed by atoms with E-state index in [1.807, 2.05) is 0 Å². The molecular formula is C8H13I. The van der Waals surface area contributed by atoms with Gasteiger partial charge < -0.3 is 0 Å². The van der Waals surface area contributed by atoms with Crippen molar-refractivity contribution in [2.24, 2.45) is 0 Å². The minimum absolute atomic E-state index is 0.938. The third kappa shape index (κ3) is 3.23. The average Bonchev–Trinajstić information content (AvgIpc) is 1.79. The Hall–Kier alpha value is 0.470. The highest BCUT2D eigenvalue weighted by molar-refractivity contribution is 14.1. The van der Waals surface area contributed by atoms with Crippen molar-refractivity contribution >= 4 is 22.6 Å². The van der Waals surface area contributed by atoms with Crippen molar-refractivity contribution in [2.45, 2.75) is 36.0 Å². The van der Waals surface area contributed by atoms with E-state index in [1.54, 1.807) is 0 Å². The Morgan fingerprint density at radius 3 is 2.78 bits per heavy atom. The fraction of sp³-hybridized carbons (Fsp3) is 0.750. The van der Waals surface area contributed by atoms with Crippen LogP contribution in [0.1, 0.15) is 32.1 Å². The molecule has 0 aromatic rings. The van der Waals surface area contributed by atoms with Crippen LogP contribution in [0.15, 0.2) is 12.2 Å². The summed E-state index contributed by atoms with van der Waals surface area (Å²) in [6, 6.07) is 0. The molecule has 1 heteroatoms. The first-order chi connectivity index (χ1) is 4.39. The quantitative estimate of drug-likeness (QED) is 0.344. The van der Waals surface area contributed by atoms with Gasteiger partial charge in [-0.2, -0.15) is 0 Å². The lowest BCUT2D eigenvalue weighted by molar-refractivity contribution is 0.670. The van der Waals surface area contributed by atoms with Crippen LogP contribution in [0.25, 0.3) is 0 Å². The summed E-state index contributed by atoms with van der Waals surface area (Å²) in [6.45, 7) is 0.